The standard InChI is InChI=1S/C21H19F2NO2S/c1-21(2)10-16-20(17(25)11-21)13(18-4-3-7-27-18)9-19(26)24(16)15-6-5-12(22)8-14(15)23/h3-8,13H,9-11H2,1-2H3/t13-/m1/s1. The molecule has 1 aromatic heterocycles. The SMILES string of the molecule is CC1(C)CC(=O)C2=C(C1)N(c1ccc(F)cc1F)C(=O)C[C@@H]2c1cccs1. The van der Waals surface area contributed by atoms with E-state index in [4.69, 9.17) is 0 Å². The highest BCUT2D eigenvalue weighted by Gasteiger charge is 2.45. The molecule has 0 unspecified atom stereocenters. The van der Waals surface area contributed by atoms with Crippen LogP contribution >= 0.6 is 11.3 Å². The van der Waals surface area contributed by atoms with Crippen LogP contribution in [0, 0.1) is 17.0 Å². The Morgan fingerprint density at radius 3 is 2.59 bits per heavy atom. The summed E-state index contributed by atoms with van der Waals surface area (Å²) in [7, 11) is 0. The van der Waals surface area contributed by atoms with Gasteiger partial charge in [0, 0.05) is 41.0 Å². The molecule has 3 nitrogen and oxygen atoms in total. The van der Waals surface area contributed by atoms with Crippen LogP contribution in [-0.2, 0) is 9.59 Å². The van der Waals surface area contributed by atoms with Crippen molar-refractivity contribution in [1.82, 2.24) is 0 Å². The summed E-state index contributed by atoms with van der Waals surface area (Å²) in [6.07, 6.45) is 0.975. The zero-order chi connectivity index (χ0) is 19.3. The monoisotopic (exact) mass is 387 g/mol. The van der Waals surface area contributed by atoms with Crippen molar-refractivity contribution in [2.75, 3.05) is 4.90 Å². The van der Waals surface area contributed by atoms with Gasteiger partial charge in [0.25, 0.3) is 0 Å². The highest BCUT2D eigenvalue weighted by molar-refractivity contribution is 7.10. The Hall–Kier alpha value is -2.34. The number of allylic oxidation sites excluding steroid dienone is 2. The molecule has 2 aliphatic rings. The number of carbonyl (C=O) groups excluding carboxylic acids is 2. The molecule has 1 aliphatic heterocycles. The lowest BCUT2D eigenvalue weighted by Crippen LogP contribution is -2.44. The van der Waals surface area contributed by atoms with E-state index in [-0.39, 0.29) is 35.1 Å². The second kappa shape index (κ2) is 6.37. The molecule has 0 saturated carbocycles. The molecule has 0 N–H and O–H groups in total. The van der Waals surface area contributed by atoms with Gasteiger partial charge < -0.3 is 0 Å². The number of hydrogen-bond donors (Lipinski definition) is 0. The fourth-order valence-corrected chi connectivity index (χ4v) is 4.93. The molecule has 2 aromatic rings. The maximum Gasteiger partial charge on any atom is 0.232 e. The lowest BCUT2D eigenvalue weighted by atomic mass is 9.70. The van der Waals surface area contributed by atoms with Crippen molar-refractivity contribution in [2.45, 2.75) is 39.0 Å². The maximum absolute atomic E-state index is 14.5. The molecule has 1 aliphatic carbocycles. The largest absolute Gasteiger partial charge is 0.294 e. The van der Waals surface area contributed by atoms with Crippen molar-refractivity contribution in [2.24, 2.45) is 5.41 Å². The van der Waals surface area contributed by atoms with Crippen LogP contribution in [0.2, 0.25) is 0 Å². The van der Waals surface area contributed by atoms with Crippen LogP contribution in [0.25, 0.3) is 0 Å². The van der Waals surface area contributed by atoms with Crippen molar-refractivity contribution >= 4 is 28.7 Å². The number of nitrogens with zero attached hydrogens (tertiary/aromatic N) is 1. The molecule has 0 bridgehead atoms. The average Bonchev–Trinajstić information content (AvgIpc) is 3.08. The molecule has 27 heavy (non-hydrogen) atoms. The number of halogens is 2. The first kappa shape index (κ1) is 18.0. The Morgan fingerprint density at radius 1 is 1.15 bits per heavy atom. The molecule has 0 saturated heterocycles. The number of thiophene rings is 1. The van der Waals surface area contributed by atoms with Gasteiger partial charge in [-0.25, -0.2) is 8.78 Å². The lowest BCUT2D eigenvalue weighted by Gasteiger charge is -2.42. The van der Waals surface area contributed by atoms with E-state index in [1.54, 1.807) is 0 Å². The molecular weight excluding hydrogens is 368 g/mol. The van der Waals surface area contributed by atoms with E-state index in [2.05, 4.69) is 0 Å². The topological polar surface area (TPSA) is 37.4 Å². The molecule has 1 atom stereocenters. The second-order valence-electron chi connectivity index (χ2n) is 7.90. The van der Waals surface area contributed by atoms with Crippen molar-refractivity contribution in [3.8, 4) is 0 Å². The van der Waals surface area contributed by atoms with Gasteiger partial charge in [0.1, 0.15) is 11.6 Å². The zero-order valence-corrected chi connectivity index (χ0v) is 15.9. The van der Waals surface area contributed by atoms with Gasteiger partial charge in [0.05, 0.1) is 5.69 Å². The minimum atomic E-state index is -0.805. The first-order valence-corrected chi connectivity index (χ1v) is 9.72. The van der Waals surface area contributed by atoms with Crippen LogP contribution < -0.4 is 4.90 Å². The fourth-order valence-electron chi connectivity index (χ4n) is 4.09. The van der Waals surface area contributed by atoms with Gasteiger partial charge >= 0.3 is 0 Å². The molecule has 2 heterocycles. The third-order valence-corrected chi connectivity index (χ3v) is 6.17. The Kier molecular flexibility index (Phi) is 4.26. The van der Waals surface area contributed by atoms with E-state index in [0.717, 1.165) is 17.0 Å². The van der Waals surface area contributed by atoms with Gasteiger partial charge in [-0.1, -0.05) is 19.9 Å². The van der Waals surface area contributed by atoms with E-state index in [0.29, 0.717) is 24.1 Å². The molecule has 0 fully saturated rings. The third-order valence-electron chi connectivity index (χ3n) is 5.18. The van der Waals surface area contributed by atoms with Gasteiger partial charge in [0.15, 0.2) is 5.78 Å². The van der Waals surface area contributed by atoms with Crippen LogP contribution in [-0.4, -0.2) is 11.7 Å². The van der Waals surface area contributed by atoms with Crippen molar-refractivity contribution in [3.63, 3.8) is 0 Å². The van der Waals surface area contributed by atoms with E-state index in [9.17, 15) is 18.4 Å². The number of benzene rings is 1. The van der Waals surface area contributed by atoms with Crippen LogP contribution in [0.3, 0.4) is 0 Å². The molecular formula is C21H19F2NO2S. The summed E-state index contributed by atoms with van der Waals surface area (Å²) in [5.41, 5.74) is 0.822. The average molecular weight is 387 g/mol. The van der Waals surface area contributed by atoms with Crippen LogP contribution in [0.1, 0.15) is 43.9 Å². The molecule has 0 spiro atoms. The minimum Gasteiger partial charge on any atom is -0.294 e. The Labute approximate surface area is 160 Å². The summed E-state index contributed by atoms with van der Waals surface area (Å²) in [4.78, 5) is 28.3. The molecule has 140 valence electrons. The van der Waals surface area contributed by atoms with Gasteiger partial charge in [-0.15, -0.1) is 11.3 Å². The van der Waals surface area contributed by atoms with E-state index < -0.39 is 11.6 Å². The zero-order valence-electron chi connectivity index (χ0n) is 15.1. The van der Waals surface area contributed by atoms with Crippen LogP contribution in [0.4, 0.5) is 14.5 Å². The number of Topliss-reactive ketones (excluding diaryl/α,β-unsaturated/α-hetero) is 1. The summed E-state index contributed by atoms with van der Waals surface area (Å²) in [5, 5.41) is 1.92. The highest BCUT2D eigenvalue weighted by atomic mass is 32.1. The quantitative estimate of drug-likeness (QED) is 0.711. The number of rotatable bonds is 2. The summed E-state index contributed by atoms with van der Waals surface area (Å²) >= 11 is 1.51. The number of amides is 1. The van der Waals surface area contributed by atoms with Gasteiger partial charge in [-0.3, -0.25) is 14.5 Å². The summed E-state index contributed by atoms with van der Waals surface area (Å²) < 4.78 is 27.9. The van der Waals surface area contributed by atoms with Crippen LogP contribution in [0.15, 0.2) is 47.0 Å². The smallest absolute Gasteiger partial charge is 0.232 e. The number of ketones is 1. The van der Waals surface area contributed by atoms with Crippen LogP contribution in [0.5, 0.6) is 0 Å². The number of carbonyl (C=O) groups is 2. The van der Waals surface area contributed by atoms with Gasteiger partial charge in [0.2, 0.25) is 5.91 Å². The minimum absolute atomic E-state index is 0.000306. The Morgan fingerprint density at radius 2 is 1.93 bits per heavy atom. The molecule has 0 radical (unpaired) electrons. The predicted octanol–water partition coefficient (Wildman–Crippen LogP) is 5.19. The first-order valence-electron chi connectivity index (χ1n) is 8.84. The summed E-state index contributed by atoms with van der Waals surface area (Å²) in [6, 6.07) is 6.99. The molecule has 4 rings (SSSR count). The molecule has 1 amide bonds. The summed E-state index contributed by atoms with van der Waals surface area (Å²) in [5.74, 6) is -2.08. The van der Waals surface area contributed by atoms with E-state index >= 15 is 0 Å². The third kappa shape index (κ3) is 3.12. The predicted molar refractivity (Wildman–Crippen MR) is 101 cm³/mol. The lowest BCUT2D eigenvalue weighted by molar-refractivity contribution is -0.121. The van der Waals surface area contributed by atoms with Gasteiger partial charge in [-0.2, -0.15) is 0 Å². The second-order valence-corrected chi connectivity index (χ2v) is 8.88. The molecule has 6 heteroatoms. The number of anilines is 1. The van der Waals surface area contributed by atoms with E-state index in [1.165, 1.54) is 22.3 Å². The molecule has 1 aromatic carbocycles. The normalized spacial score (nSPS) is 22.2. The van der Waals surface area contributed by atoms with Gasteiger partial charge in [-0.05, 0) is 35.4 Å². The Balaban J connectivity index is 1.92. The van der Waals surface area contributed by atoms with Crippen molar-refractivity contribution in [1.29, 1.82) is 0 Å². The maximum atomic E-state index is 14.5. The highest BCUT2D eigenvalue weighted by Crippen LogP contribution is 2.49. The summed E-state index contributed by atoms with van der Waals surface area (Å²) in [6.45, 7) is 3.93. The fraction of sp³-hybridized carbons (Fsp3) is 0.333. The Bertz CT molecular complexity index is 963. The number of hydrogen-bond acceptors (Lipinski definition) is 3. The van der Waals surface area contributed by atoms with E-state index in [1.807, 2.05) is 31.4 Å². The van der Waals surface area contributed by atoms with Crippen molar-refractivity contribution in [3.05, 3.63) is 63.5 Å². The first-order chi connectivity index (χ1) is 12.8. The van der Waals surface area contributed by atoms with Crippen molar-refractivity contribution < 1.29 is 18.4 Å².